The van der Waals surface area contributed by atoms with Gasteiger partial charge >= 0.3 is 5.97 Å². The summed E-state index contributed by atoms with van der Waals surface area (Å²) in [5.74, 6) is -2.73. The van der Waals surface area contributed by atoms with Crippen LogP contribution in [-0.4, -0.2) is 142 Å². The lowest BCUT2D eigenvalue weighted by atomic mass is 9.76. The summed E-state index contributed by atoms with van der Waals surface area (Å²) in [5.41, 5.74) is -3.75. The van der Waals surface area contributed by atoms with Gasteiger partial charge in [0.2, 0.25) is 0 Å². The minimum absolute atomic E-state index is 0.0701. The Kier molecular flexibility index (Phi) is 14.1. The third-order valence-corrected chi connectivity index (χ3v) is 12.7. The highest BCUT2D eigenvalue weighted by Gasteiger charge is 2.59. The van der Waals surface area contributed by atoms with Gasteiger partial charge in [0.25, 0.3) is 0 Å². The van der Waals surface area contributed by atoms with Crippen LogP contribution < -0.4 is 0 Å². The van der Waals surface area contributed by atoms with Crippen molar-refractivity contribution in [2.24, 2.45) is 23.7 Å². The Balaban J connectivity index is 1.82. The molecule has 4 aliphatic rings. The molecule has 0 aromatic rings. The Hall–Kier alpha value is -1.23. The summed E-state index contributed by atoms with van der Waals surface area (Å²) in [6.45, 7) is 22.7. The van der Waals surface area contributed by atoms with Crippen molar-refractivity contribution in [2.45, 2.75) is 185 Å². The molecule has 4 aliphatic heterocycles. The van der Waals surface area contributed by atoms with Crippen molar-refractivity contribution in [2.75, 3.05) is 20.7 Å². The number of aliphatic hydroxyl groups excluding tert-OH is 3. The highest BCUT2D eigenvalue weighted by atomic mass is 16.7. The molecule has 13 heteroatoms. The van der Waals surface area contributed by atoms with Crippen LogP contribution in [0, 0.1) is 23.7 Å². The van der Waals surface area contributed by atoms with Crippen molar-refractivity contribution in [3.8, 4) is 0 Å². The van der Waals surface area contributed by atoms with Gasteiger partial charge in [-0.2, -0.15) is 0 Å². The Morgan fingerprint density at radius 3 is 2.33 bits per heavy atom. The molecule has 4 saturated heterocycles. The number of nitrogens with zero attached hydrogens (tertiary/aromatic N) is 1. The topological polar surface area (TPSA) is 166 Å². The van der Waals surface area contributed by atoms with Crippen LogP contribution >= 0.6 is 0 Å². The predicted octanol–water partition coefficient (Wildman–Crippen LogP) is 3.18. The minimum atomic E-state index is -1.79. The number of aliphatic hydroxyl groups is 4. The molecule has 13 nitrogen and oxygen atoms in total. The molecule has 19 atom stereocenters. The van der Waals surface area contributed by atoms with Crippen LogP contribution in [-0.2, 0) is 38.0 Å². The molecule has 302 valence electrons. The van der Waals surface area contributed by atoms with Crippen LogP contribution in [0.5, 0.6) is 0 Å². The summed E-state index contributed by atoms with van der Waals surface area (Å²) in [7, 11) is 3.46. The zero-order valence-electron chi connectivity index (χ0n) is 33.6. The highest BCUT2D eigenvalue weighted by Crippen LogP contribution is 2.48. The Morgan fingerprint density at radius 2 is 1.73 bits per heavy atom. The van der Waals surface area contributed by atoms with E-state index in [0.717, 1.165) is 0 Å². The van der Waals surface area contributed by atoms with Crippen LogP contribution in [0.25, 0.3) is 0 Å². The second-order valence-electron chi connectivity index (χ2n) is 17.0. The molecule has 8 unspecified atom stereocenters. The van der Waals surface area contributed by atoms with E-state index in [9.17, 15) is 25.2 Å². The van der Waals surface area contributed by atoms with E-state index in [2.05, 4.69) is 13.5 Å². The summed E-state index contributed by atoms with van der Waals surface area (Å²) >= 11 is 0. The van der Waals surface area contributed by atoms with Gasteiger partial charge in [0.1, 0.15) is 23.9 Å². The van der Waals surface area contributed by atoms with Crippen LogP contribution in [0.15, 0.2) is 12.7 Å². The molecule has 4 rings (SSSR count). The van der Waals surface area contributed by atoms with E-state index in [0.29, 0.717) is 19.4 Å². The van der Waals surface area contributed by atoms with Gasteiger partial charge in [-0.25, -0.2) is 0 Å². The smallest absolute Gasteiger partial charge is 0.311 e. The summed E-state index contributed by atoms with van der Waals surface area (Å²) in [5, 5.41) is 45.5. The maximum absolute atomic E-state index is 14.3. The first-order valence-corrected chi connectivity index (χ1v) is 19.3. The molecule has 0 aromatic carbocycles. The minimum Gasteiger partial charge on any atom is -0.459 e. The highest BCUT2D eigenvalue weighted by molar-refractivity contribution is 5.73. The normalized spacial score (nSPS) is 48.0. The Labute approximate surface area is 311 Å². The zero-order chi connectivity index (χ0) is 39.1. The molecule has 0 saturated carbocycles. The van der Waals surface area contributed by atoms with Gasteiger partial charge in [0.05, 0.1) is 53.7 Å². The SMILES string of the molecule is C=CCN(C)C1CC(C)O[C@@H](O[C@@H]2[C@@H](C)[C@H](O[C@H]3CC(C)(OC)[C@@H](O)C(C)O3)[C@@H](C)C(=O)O[C@@H]([C@](C)(O)[C@H](O)CC)[C@@H](C)C3OC2(C)CC3C)C1O. The van der Waals surface area contributed by atoms with E-state index < -0.39 is 102 Å². The van der Waals surface area contributed by atoms with Crippen LogP contribution in [0.2, 0.25) is 0 Å². The summed E-state index contributed by atoms with van der Waals surface area (Å²) in [6.07, 6.45) is -5.82. The molecule has 4 fully saturated rings. The number of ether oxygens (including phenoxy) is 7. The second kappa shape index (κ2) is 16.9. The number of rotatable bonds is 11. The van der Waals surface area contributed by atoms with Crippen molar-refractivity contribution in [1.29, 1.82) is 0 Å². The van der Waals surface area contributed by atoms with Gasteiger partial charge in [-0.15, -0.1) is 6.58 Å². The van der Waals surface area contributed by atoms with Gasteiger partial charge < -0.3 is 53.6 Å². The number of carbonyl (C=O) groups is 1. The van der Waals surface area contributed by atoms with E-state index in [1.54, 1.807) is 33.8 Å². The summed E-state index contributed by atoms with van der Waals surface area (Å²) in [6, 6.07) is -0.266. The summed E-state index contributed by atoms with van der Waals surface area (Å²) < 4.78 is 45.3. The molecule has 0 spiro atoms. The average molecular weight is 744 g/mol. The van der Waals surface area contributed by atoms with Crippen molar-refractivity contribution < 1.29 is 58.4 Å². The van der Waals surface area contributed by atoms with Crippen LogP contribution in [0.1, 0.15) is 94.9 Å². The average Bonchev–Trinajstić information content (AvgIpc) is 3.40. The van der Waals surface area contributed by atoms with Gasteiger partial charge in [-0.1, -0.05) is 33.8 Å². The van der Waals surface area contributed by atoms with Crippen LogP contribution in [0.4, 0.5) is 0 Å². The molecule has 0 radical (unpaired) electrons. The molecule has 4 heterocycles. The zero-order valence-corrected chi connectivity index (χ0v) is 33.6. The molecular formula is C39H69NO12. The molecule has 52 heavy (non-hydrogen) atoms. The monoisotopic (exact) mass is 743 g/mol. The van der Waals surface area contributed by atoms with E-state index in [4.69, 9.17) is 33.2 Å². The Morgan fingerprint density at radius 1 is 1.08 bits per heavy atom. The van der Waals surface area contributed by atoms with Crippen LogP contribution in [0.3, 0.4) is 0 Å². The number of hydrogen-bond donors (Lipinski definition) is 4. The molecule has 0 amide bonds. The standard InChI is InChI=1S/C39H69NO12/c1-14-16-40(12)26-17-21(4)47-36(29(26)42)51-33-23(6)31(49-28-19-37(9,46-13)32(43)25(8)48-28)24(7)35(44)50-34(39(11,45)27(41)15-2)22(5)30-20(3)18-38(33,10)52-30/h14,20-34,36,41-43,45H,1,15-19H2,2-13H3/t20?,21?,22-,23-,24+,25?,26?,27+,28-,29?,30?,31-,32-,33+,34+,36-,37?,38?,39+/m0/s1. The first kappa shape index (κ1) is 43.5. The van der Waals surface area contributed by atoms with Crippen molar-refractivity contribution in [1.82, 2.24) is 4.90 Å². The van der Waals surface area contributed by atoms with Gasteiger partial charge in [-0.3, -0.25) is 9.69 Å². The maximum Gasteiger partial charge on any atom is 0.311 e. The van der Waals surface area contributed by atoms with E-state index in [-0.39, 0.29) is 30.9 Å². The third kappa shape index (κ3) is 8.60. The van der Waals surface area contributed by atoms with Gasteiger partial charge in [0.15, 0.2) is 12.6 Å². The first-order valence-electron chi connectivity index (χ1n) is 19.3. The number of methoxy groups -OCH3 is 1. The number of fused-ring (bicyclic) bond motifs is 2. The molecule has 0 aliphatic carbocycles. The molecule has 2 bridgehead atoms. The number of cyclic esters (lactones) is 1. The fourth-order valence-corrected chi connectivity index (χ4v) is 9.47. The maximum atomic E-state index is 14.3. The predicted molar refractivity (Wildman–Crippen MR) is 193 cm³/mol. The number of hydrogen-bond acceptors (Lipinski definition) is 13. The number of carbonyl (C=O) groups excluding carboxylic acids is 1. The summed E-state index contributed by atoms with van der Waals surface area (Å²) in [4.78, 5) is 16.4. The van der Waals surface area contributed by atoms with Gasteiger partial charge in [0, 0.05) is 38.0 Å². The lowest BCUT2D eigenvalue weighted by molar-refractivity contribution is -0.318. The van der Waals surface area contributed by atoms with Gasteiger partial charge in [-0.05, 0) is 73.8 Å². The third-order valence-electron chi connectivity index (χ3n) is 12.7. The van der Waals surface area contributed by atoms with Crippen molar-refractivity contribution in [3.63, 3.8) is 0 Å². The Bertz CT molecular complexity index is 1210. The molecule has 0 aromatic heterocycles. The molecule has 4 N–H and O–H groups in total. The van der Waals surface area contributed by atoms with E-state index in [1.807, 2.05) is 39.6 Å². The second-order valence-corrected chi connectivity index (χ2v) is 17.0. The molecular weight excluding hydrogens is 674 g/mol. The van der Waals surface area contributed by atoms with E-state index >= 15 is 0 Å². The fourth-order valence-electron chi connectivity index (χ4n) is 9.47. The first-order chi connectivity index (χ1) is 24.1. The van der Waals surface area contributed by atoms with Crippen molar-refractivity contribution in [3.05, 3.63) is 12.7 Å². The number of likely N-dealkylation sites (N-methyl/N-ethyl adjacent to an activating group) is 1. The lowest BCUT2D eigenvalue weighted by Crippen LogP contribution is -2.60. The number of esters is 1. The van der Waals surface area contributed by atoms with Crippen molar-refractivity contribution >= 4 is 5.97 Å². The lowest BCUT2D eigenvalue weighted by Gasteiger charge is -2.48. The largest absolute Gasteiger partial charge is 0.459 e. The fraction of sp³-hybridized carbons (Fsp3) is 0.923. The quantitative estimate of drug-likeness (QED) is 0.180. The van der Waals surface area contributed by atoms with E-state index in [1.165, 1.54) is 14.0 Å².